The van der Waals surface area contributed by atoms with Crippen molar-refractivity contribution < 1.29 is 19.1 Å². The maximum absolute atomic E-state index is 12.6. The Labute approximate surface area is 131 Å². The Kier molecular flexibility index (Phi) is 4.78. The van der Waals surface area contributed by atoms with E-state index in [1.54, 1.807) is 20.8 Å². The van der Waals surface area contributed by atoms with E-state index >= 15 is 0 Å². The van der Waals surface area contributed by atoms with Gasteiger partial charge in [-0.2, -0.15) is 0 Å². The summed E-state index contributed by atoms with van der Waals surface area (Å²) in [6, 6.07) is 0. The number of piperidine rings is 1. The Morgan fingerprint density at radius 2 is 1.86 bits per heavy atom. The van der Waals surface area contributed by atoms with Crippen LogP contribution in [0.25, 0.3) is 0 Å². The average Bonchev–Trinajstić information content (AvgIpc) is 3.17. The summed E-state index contributed by atoms with van der Waals surface area (Å²) >= 11 is 0. The van der Waals surface area contributed by atoms with Gasteiger partial charge < -0.3 is 19.7 Å². The summed E-state index contributed by atoms with van der Waals surface area (Å²) in [6.07, 6.45) is 4.03. The molecule has 0 atom stereocenters. The summed E-state index contributed by atoms with van der Waals surface area (Å²) in [7, 11) is 0. The van der Waals surface area contributed by atoms with Crippen LogP contribution in [0.2, 0.25) is 0 Å². The van der Waals surface area contributed by atoms with E-state index in [0.717, 1.165) is 19.1 Å². The molecule has 0 aromatic rings. The van der Waals surface area contributed by atoms with E-state index in [1.807, 2.05) is 4.90 Å². The first-order chi connectivity index (χ1) is 10.3. The van der Waals surface area contributed by atoms with Gasteiger partial charge in [0, 0.05) is 19.5 Å². The van der Waals surface area contributed by atoms with Crippen molar-refractivity contribution in [3.8, 4) is 0 Å². The topological polar surface area (TPSA) is 75.7 Å². The van der Waals surface area contributed by atoms with Crippen molar-refractivity contribution in [2.24, 2.45) is 5.92 Å². The molecule has 0 unspecified atom stereocenters. The minimum atomic E-state index is -0.764. The summed E-state index contributed by atoms with van der Waals surface area (Å²) in [5.74, 6) is 0.374. The summed E-state index contributed by atoms with van der Waals surface area (Å²) in [5, 5.41) is 2.75. The van der Waals surface area contributed by atoms with Crippen LogP contribution in [0.1, 0.15) is 52.9 Å². The molecule has 124 valence electrons. The zero-order valence-electron chi connectivity index (χ0n) is 13.7. The molecule has 0 aromatic carbocycles. The van der Waals surface area contributed by atoms with Crippen LogP contribution < -0.4 is 5.32 Å². The molecule has 1 saturated carbocycles. The molecular weight excluding hydrogens is 284 g/mol. The van der Waals surface area contributed by atoms with Crippen LogP contribution in [0.15, 0.2) is 0 Å². The fourth-order valence-corrected chi connectivity index (χ4v) is 2.83. The van der Waals surface area contributed by atoms with Crippen molar-refractivity contribution in [3.05, 3.63) is 0 Å². The lowest BCUT2D eigenvalue weighted by molar-refractivity contribution is -0.136. The maximum Gasteiger partial charge on any atom is 0.408 e. The van der Waals surface area contributed by atoms with Gasteiger partial charge in [0.25, 0.3) is 0 Å². The van der Waals surface area contributed by atoms with Gasteiger partial charge in [0.15, 0.2) is 0 Å². The highest BCUT2D eigenvalue weighted by atomic mass is 16.6. The zero-order valence-corrected chi connectivity index (χ0v) is 13.7. The molecule has 1 saturated heterocycles. The monoisotopic (exact) mass is 310 g/mol. The Morgan fingerprint density at radius 1 is 1.27 bits per heavy atom. The van der Waals surface area contributed by atoms with Crippen LogP contribution in [0.5, 0.6) is 0 Å². The van der Waals surface area contributed by atoms with Gasteiger partial charge in [-0.3, -0.25) is 4.79 Å². The maximum atomic E-state index is 12.6. The summed E-state index contributed by atoms with van der Waals surface area (Å²) < 4.78 is 5.24. The first-order valence-electron chi connectivity index (χ1n) is 8.00. The summed E-state index contributed by atoms with van der Waals surface area (Å²) in [4.78, 5) is 36.9. The van der Waals surface area contributed by atoms with Crippen molar-refractivity contribution in [3.63, 3.8) is 0 Å². The van der Waals surface area contributed by atoms with Crippen molar-refractivity contribution in [1.82, 2.24) is 10.2 Å². The Hall–Kier alpha value is -1.59. The summed E-state index contributed by atoms with van der Waals surface area (Å²) in [5.41, 5.74) is -1.34. The lowest BCUT2D eigenvalue weighted by atomic mass is 9.94. The minimum absolute atomic E-state index is 0.0112. The standard InChI is InChI=1S/C16H26N2O4/c1-15(2,3)22-14(21)17-16(7-8-16)13(20)18-9-4-12(5-10-18)6-11-19/h11-12H,4-10H2,1-3H3,(H,17,21). The van der Waals surface area contributed by atoms with Gasteiger partial charge in [-0.1, -0.05) is 0 Å². The van der Waals surface area contributed by atoms with Crippen LogP contribution in [-0.4, -0.2) is 47.4 Å². The zero-order chi connectivity index (χ0) is 16.4. The molecule has 22 heavy (non-hydrogen) atoms. The molecular formula is C16H26N2O4. The highest BCUT2D eigenvalue weighted by Crippen LogP contribution is 2.38. The first kappa shape index (κ1) is 16.8. The van der Waals surface area contributed by atoms with Crippen LogP contribution in [-0.2, 0) is 14.3 Å². The minimum Gasteiger partial charge on any atom is -0.444 e. The molecule has 6 heteroatoms. The van der Waals surface area contributed by atoms with Crippen LogP contribution in [0.4, 0.5) is 4.79 Å². The number of amides is 2. The number of likely N-dealkylation sites (tertiary alicyclic amines) is 1. The fourth-order valence-electron chi connectivity index (χ4n) is 2.83. The number of ether oxygens (including phenoxy) is 1. The lowest BCUT2D eigenvalue weighted by Crippen LogP contribution is -2.53. The number of carbonyl (C=O) groups is 3. The van der Waals surface area contributed by atoms with Crippen molar-refractivity contribution in [2.75, 3.05) is 13.1 Å². The second-order valence-corrected chi connectivity index (χ2v) is 7.35. The van der Waals surface area contributed by atoms with E-state index in [0.29, 0.717) is 38.3 Å². The third kappa shape index (κ3) is 4.21. The third-order valence-corrected chi connectivity index (χ3v) is 4.23. The van der Waals surface area contributed by atoms with Gasteiger partial charge in [0.2, 0.25) is 5.91 Å². The van der Waals surface area contributed by atoms with Crippen LogP contribution in [0, 0.1) is 5.92 Å². The van der Waals surface area contributed by atoms with E-state index in [-0.39, 0.29) is 5.91 Å². The van der Waals surface area contributed by atoms with Crippen LogP contribution in [0.3, 0.4) is 0 Å². The highest BCUT2D eigenvalue weighted by Gasteiger charge is 2.53. The second-order valence-electron chi connectivity index (χ2n) is 7.35. The average molecular weight is 310 g/mol. The van der Waals surface area contributed by atoms with E-state index in [1.165, 1.54) is 0 Å². The van der Waals surface area contributed by atoms with E-state index < -0.39 is 17.2 Å². The predicted molar refractivity (Wildman–Crippen MR) is 81.3 cm³/mol. The number of aldehydes is 1. The third-order valence-electron chi connectivity index (χ3n) is 4.23. The van der Waals surface area contributed by atoms with E-state index in [9.17, 15) is 14.4 Å². The fraction of sp³-hybridized carbons (Fsp3) is 0.812. The number of alkyl carbamates (subject to hydrolysis) is 1. The first-order valence-corrected chi connectivity index (χ1v) is 8.00. The van der Waals surface area contributed by atoms with Crippen molar-refractivity contribution in [1.29, 1.82) is 0 Å². The van der Waals surface area contributed by atoms with Gasteiger partial charge in [-0.15, -0.1) is 0 Å². The smallest absolute Gasteiger partial charge is 0.408 e. The number of hydrogen-bond donors (Lipinski definition) is 1. The van der Waals surface area contributed by atoms with E-state index in [4.69, 9.17) is 4.74 Å². The lowest BCUT2D eigenvalue weighted by Gasteiger charge is -2.34. The molecule has 0 spiro atoms. The molecule has 0 bridgehead atoms. The SMILES string of the molecule is CC(C)(C)OC(=O)NC1(C(=O)N2CCC(CC=O)CC2)CC1. The van der Waals surface area contributed by atoms with Crippen molar-refractivity contribution in [2.45, 2.75) is 64.0 Å². The molecule has 6 nitrogen and oxygen atoms in total. The molecule has 2 amide bonds. The molecule has 1 N–H and O–H groups in total. The molecule has 2 fully saturated rings. The molecule has 1 aliphatic heterocycles. The molecule has 2 rings (SSSR count). The van der Waals surface area contributed by atoms with Gasteiger partial charge in [-0.25, -0.2) is 4.79 Å². The highest BCUT2D eigenvalue weighted by molar-refractivity contribution is 5.93. The molecule has 0 aromatic heterocycles. The van der Waals surface area contributed by atoms with Gasteiger partial charge in [0.1, 0.15) is 17.4 Å². The summed E-state index contributed by atoms with van der Waals surface area (Å²) in [6.45, 7) is 6.72. The van der Waals surface area contributed by atoms with Gasteiger partial charge in [0.05, 0.1) is 0 Å². The molecule has 1 heterocycles. The van der Waals surface area contributed by atoms with Crippen molar-refractivity contribution >= 4 is 18.3 Å². The number of nitrogens with zero attached hydrogens (tertiary/aromatic N) is 1. The Balaban J connectivity index is 1.87. The quantitative estimate of drug-likeness (QED) is 0.804. The number of rotatable bonds is 4. The number of hydrogen-bond acceptors (Lipinski definition) is 4. The number of carbonyl (C=O) groups excluding carboxylic acids is 3. The molecule has 1 aliphatic carbocycles. The molecule has 2 aliphatic rings. The van der Waals surface area contributed by atoms with E-state index in [2.05, 4.69) is 5.32 Å². The Morgan fingerprint density at radius 3 is 2.32 bits per heavy atom. The van der Waals surface area contributed by atoms with Gasteiger partial charge in [-0.05, 0) is 52.4 Å². The normalized spacial score (nSPS) is 21.1. The van der Waals surface area contributed by atoms with Gasteiger partial charge >= 0.3 is 6.09 Å². The Bertz CT molecular complexity index is 444. The van der Waals surface area contributed by atoms with Crippen LogP contribution >= 0.6 is 0 Å². The predicted octanol–water partition coefficient (Wildman–Crippen LogP) is 1.87. The molecule has 0 radical (unpaired) electrons. The number of nitrogens with one attached hydrogen (secondary N) is 1. The largest absolute Gasteiger partial charge is 0.444 e. The second kappa shape index (κ2) is 6.26.